The van der Waals surface area contributed by atoms with Crippen LogP contribution < -0.4 is 0 Å². The predicted octanol–water partition coefficient (Wildman–Crippen LogP) is 2.46. The minimum absolute atomic E-state index is 0.0538. The van der Waals surface area contributed by atoms with Crippen LogP contribution in [-0.2, 0) is 4.74 Å². The van der Waals surface area contributed by atoms with Crippen LogP contribution in [0.5, 0.6) is 0 Å². The van der Waals surface area contributed by atoms with E-state index in [2.05, 4.69) is 24.0 Å². The van der Waals surface area contributed by atoms with Gasteiger partial charge in [0.15, 0.2) is 0 Å². The third-order valence-corrected chi connectivity index (χ3v) is 4.75. The highest BCUT2D eigenvalue weighted by atomic mass is 16.5. The molecule has 6 heteroatoms. The van der Waals surface area contributed by atoms with Gasteiger partial charge in [-0.15, -0.1) is 0 Å². The van der Waals surface area contributed by atoms with E-state index in [0.29, 0.717) is 26.3 Å². The zero-order valence-corrected chi connectivity index (χ0v) is 13.4. The van der Waals surface area contributed by atoms with E-state index in [9.17, 15) is 4.79 Å². The second-order valence-corrected chi connectivity index (χ2v) is 6.38. The Bertz CT molecular complexity index is 720. The average Bonchev–Trinajstić information content (AvgIpc) is 3.20. The van der Waals surface area contributed by atoms with Gasteiger partial charge in [0.1, 0.15) is 5.82 Å². The van der Waals surface area contributed by atoms with Gasteiger partial charge in [-0.05, 0) is 37.5 Å². The molecule has 0 radical (unpaired) electrons. The molecule has 6 nitrogen and oxygen atoms in total. The molecule has 2 aliphatic rings. The summed E-state index contributed by atoms with van der Waals surface area (Å²) < 4.78 is 5.34. The second kappa shape index (κ2) is 5.85. The Labute approximate surface area is 135 Å². The molecular weight excluding hydrogens is 292 g/mol. The lowest BCUT2D eigenvalue weighted by molar-refractivity contribution is 0.0419. The predicted molar refractivity (Wildman–Crippen MR) is 87.3 cm³/mol. The molecular formula is C17H22N4O2. The van der Waals surface area contributed by atoms with Crippen molar-refractivity contribution >= 4 is 17.1 Å². The average molecular weight is 314 g/mol. The number of carbonyl (C=O) groups is 1. The summed E-state index contributed by atoms with van der Waals surface area (Å²) in [6, 6.07) is 6.38. The lowest BCUT2D eigenvalue weighted by atomic mass is 10.2. The molecule has 1 aromatic carbocycles. The van der Waals surface area contributed by atoms with Gasteiger partial charge >= 0.3 is 6.03 Å². The van der Waals surface area contributed by atoms with Gasteiger partial charge in [0.05, 0.1) is 30.3 Å². The molecule has 4 rings (SSSR count). The Kier molecular flexibility index (Phi) is 3.69. The van der Waals surface area contributed by atoms with Crippen LogP contribution in [0.25, 0.3) is 11.0 Å². The largest absolute Gasteiger partial charge is 0.378 e. The highest BCUT2D eigenvalue weighted by Crippen LogP contribution is 2.32. The monoisotopic (exact) mass is 314 g/mol. The van der Waals surface area contributed by atoms with Gasteiger partial charge in [0.2, 0.25) is 0 Å². The summed E-state index contributed by atoms with van der Waals surface area (Å²) in [4.78, 5) is 24.8. The van der Waals surface area contributed by atoms with E-state index >= 15 is 0 Å². The van der Waals surface area contributed by atoms with Crippen molar-refractivity contribution in [2.24, 2.45) is 0 Å². The van der Waals surface area contributed by atoms with Crippen molar-refractivity contribution in [2.45, 2.75) is 25.8 Å². The molecule has 0 aliphatic carbocycles. The molecule has 23 heavy (non-hydrogen) atoms. The summed E-state index contributed by atoms with van der Waals surface area (Å²) in [5, 5.41) is 0. The maximum absolute atomic E-state index is 12.8. The van der Waals surface area contributed by atoms with E-state index in [0.717, 1.165) is 36.2 Å². The number of aromatic amines is 1. The number of benzene rings is 1. The molecule has 2 saturated heterocycles. The standard InChI is InChI=1S/C17H22N4O2/c1-12-4-5-13-14(11-12)19-16(18-13)15-3-2-6-21(15)17(22)20-7-9-23-10-8-20/h4-5,11,15H,2-3,6-10H2,1H3,(H,18,19). The SMILES string of the molecule is Cc1ccc2nc(C3CCCN3C(=O)N3CCOCC3)[nH]c2c1. The number of imidazole rings is 1. The first-order chi connectivity index (χ1) is 11.2. The molecule has 2 fully saturated rings. The molecule has 3 heterocycles. The summed E-state index contributed by atoms with van der Waals surface area (Å²) >= 11 is 0. The number of fused-ring (bicyclic) bond motifs is 1. The second-order valence-electron chi connectivity index (χ2n) is 6.38. The van der Waals surface area contributed by atoms with E-state index in [1.165, 1.54) is 5.56 Å². The number of rotatable bonds is 1. The van der Waals surface area contributed by atoms with Crippen LogP contribution >= 0.6 is 0 Å². The van der Waals surface area contributed by atoms with Crippen LogP contribution in [0.3, 0.4) is 0 Å². The number of amides is 2. The molecule has 1 N–H and O–H groups in total. The van der Waals surface area contributed by atoms with Crippen LogP contribution in [0.4, 0.5) is 4.79 Å². The fraction of sp³-hybridized carbons (Fsp3) is 0.529. The molecule has 1 aromatic heterocycles. The highest BCUT2D eigenvalue weighted by molar-refractivity contribution is 5.77. The first-order valence-electron chi connectivity index (χ1n) is 8.32. The van der Waals surface area contributed by atoms with Crippen molar-refractivity contribution in [3.63, 3.8) is 0 Å². The number of H-pyrrole nitrogens is 1. The molecule has 1 unspecified atom stereocenters. The van der Waals surface area contributed by atoms with Crippen molar-refractivity contribution in [3.8, 4) is 0 Å². The van der Waals surface area contributed by atoms with Crippen LogP contribution in [-0.4, -0.2) is 58.6 Å². The molecule has 0 saturated carbocycles. The maximum atomic E-state index is 12.8. The van der Waals surface area contributed by atoms with Crippen LogP contribution in [0.2, 0.25) is 0 Å². The molecule has 2 aliphatic heterocycles. The lowest BCUT2D eigenvalue weighted by Crippen LogP contribution is -2.48. The number of aryl methyl sites for hydroxylation is 1. The summed E-state index contributed by atoms with van der Waals surface area (Å²) in [5.74, 6) is 0.907. The summed E-state index contributed by atoms with van der Waals surface area (Å²) in [6.45, 7) is 5.51. The van der Waals surface area contributed by atoms with E-state index < -0.39 is 0 Å². The zero-order valence-electron chi connectivity index (χ0n) is 13.4. The fourth-order valence-electron chi connectivity index (χ4n) is 3.52. The minimum Gasteiger partial charge on any atom is -0.378 e. The summed E-state index contributed by atoms with van der Waals surface area (Å²) in [6.07, 6.45) is 1.99. The number of hydrogen-bond acceptors (Lipinski definition) is 3. The number of hydrogen-bond donors (Lipinski definition) is 1. The van der Waals surface area contributed by atoms with Crippen molar-refractivity contribution in [3.05, 3.63) is 29.6 Å². The Morgan fingerprint density at radius 3 is 2.96 bits per heavy atom. The Morgan fingerprint density at radius 2 is 2.13 bits per heavy atom. The van der Waals surface area contributed by atoms with Gasteiger partial charge in [0.25, 0.3) is 0 Å². The number of carbonyl (C=O) groups excluding carboxylic acids is 1. The van der Waals surface area contributed by atoms with Crippen molar-refractivity contribution in [2.75, 3.05) is 32.8 Å². The number of urea groups is 1. The van der Waals surface area contributed by atoms with E-state index in [1.807, 2.05) is 15.9 Å². The highest BCUT2D eigenvalue weighted by Gasteiger charge is 2.35. The normalized spacial score (nSPS) is 22.0. The molecule has 0 spiro atoms. The zero-order chi connectivity index (χ0) is 15.8. The first kappa shape index (κ1) is 14.5. The van der Waals surface area contributed by atoms with Gasteiger partial charge in [-0.3, -0.25) is 0 Å². The van der Waals surface area contributed by atoms with Gasteiger partial charge in [-0.2, -0.15) is 0 Å². The van der Waals surface area contributed by atoms with Crippen LogP contribution in [0.1, 0.15) is 30.3 Å². The summed E-state index contributed by atoms with van der Waals surface area (Å²) in [7, 11) is 0. The van der Waals surface area contributed by atoms with E-state index in [-0.39, 0.29) is 12.1 Å². The maximum Gasteiger partial charge on any atom is 0.320 e. The van der Waals surface area contributed by atoms with E-state index in [1.54, 1.807) is 0 Å². The summed E-state index contributed by atoms with van der Waals surface area (Å²) in [5.41, 5.74) is 3.22. The van der Waals surface area contributed by atoms with Crippen molar-refractivity contribution in [1.29, 1.82) is 0 Å². The van der Waals surface area contributed by atoms with Gasteiger partial charge in [-0.25, -0.2) is 9.78 Å². The van der Waals surface area contributed by atoms with Crippen molar-refractivity contribution < 1.29 is 9.53 Å². The molecule has 2 amide bonds. The Hall–Kier alpha value is -2.08. The third-order valence-electron chi connectivity index (χ3n) is 4.75. The Balaban J connectivity index is 1.59. The number of morpholine rings is 1. The lowest BCUT2D eigenvalue weighted by Gasteiger charge is -2.33. The minimum atomic E-state index is 0.0538. The van der Waals surface area contributed by atoms with Gasteiger partial charge < -0.3 is 19.5 Å². The van der Waals surface area contributed by atoms with Crippen LogP contribution in [0.15, 0.2) is 18.2 Å². The quantitative estimate of drug-likeness (QED) is 0.879. The number of likely N-dealkylation sites (tertiary alicyclic amines) is 1. The molecule has 2 aromatic rings. The fourth-order valence-corrected chi connectivity index (χ4v) is 3.52. The first-order valence-corrected chi connectivity index (χ1v) is 8.32. The third kappa shape index (κ3) is 2.67. The molecule has 122 valence electrons. The van der Waals surface area contributed by atoms with Crippen LogP contribution in [0, 0.1) is 6.92 Å². The molecule has 1 atom stereocenters. The number of ether oxygens (including phenoxy) is 1. The van der Waals surface area contributed by atoms with Gasteiger partial charge in [0, 0.05) is 19.6 Å². The molecule has 0 bridgehead atoms. The topological polar surface area (TPSA) is 61.5 Å². The van der Waals surface area contributed by atoms with Crippen molar-refractivity contribution in [1.82, 2.24) is 19.8 Å². The Morgan fingerprint density at radius 1 is 1.30 bits per heavy atom. The number of nitrogens with zero attached hydrogens (tertiary/aromatic N) is 3. The van der Waals surface area contributed by atoms with E-state index in [4.69, 9.17) is 9.72 Å². The van der Waals surface area contributed by atoms with Gasteiger partial charge in [-0.1, -0.05) is 6.07 Å². The number of aromatic nitrogens is 2. The number of nitrogens with one attached hydrogen (secondary N) is 1. The smallest absolute Gasteiger partial charge is 0.320 e.